The fourth-order valence-electron chi connectivity index (χ4n) is 2.02. The lowest BCUT2D eigenvalue weighted by Gasteiger charge is -2.28. The number of para-hydroxylation sites is 1. The van der Waals surface area contributed by atoms with Gasteiger partial charge in [-0.15, -0.1) is 0 Å². The van der Waals surface area contributed by atoms with E-state index in [1.54, 1.807) is 24.3 Å². The first-order valence-corrected chi connectivity index (χ1v) is 6.21. The van der Waals surface area contributed by atoms with Gasteiger partial charge in [0.05, 0.1) is 12.2 Å². The molecule has 1 amide bonds. The molecule has 0 N–H and O–H groups in total. The highest BCUT2D eigenvalue weighted by atomic mass is 19.1. The van der Waals surface area contributed by atoms with Crippen LogP contribution in [0.5, 0.6) is 11.5 Å². The second-order valence-corrected chi connectivity index (χ2v) is 4.29. The molecule has 0 spiro atoms. The number of carbonyl (C=O) groups is 1. The highest BCUT2D eigenvalue weighted by Crippen LogP contribution is 2.32. The van der Waals surface area contributed by atoms with Crippen LogP contribution >= 0.6 is 0 Å². The van der Waals surface area contributed by atoms with Crippen LogP contribution < -0.4 is 14.4 Å². The van der Waals surface area contributed by atoms with Crippen LogP contribution in [0.25, 0.3) is 0 Å². The van der Waals surface area contributed by atoms with Crippen molar-refractivity contribution in [2.75, 3.05) is 18.1 Å². The number of rotatable bonds is 1. The Hall–Kier alpha value is -2.56. The van der Waals surface area contributed by atoms with E-state index in [-0.39, 0.29) is 0 Å². The highest BCUT2D eigenvalue weighted by molar-refractivity contribution is 5.91. The maximum Gasteiger partial charge on any atom is 0.419 e. The molecule has 0 aromatic heterocycles. The molecule has 5 heteroatoms. The van der Waals surface area contributed by atoms with Gasteiger partial charge in [0.2, 0.25) is 0 Å². The molecule has 0 bridgehead atoms. The molecular formula is C15H12FNO3. The van der Waals surface area contributed by atoms with Gasteiger partial charge >= 0.3 is 6.09 Å². The fourth-order valence-corrected chi connectivity index (χ4v) is 2.02. The Bertz CT molecular complexity index is 630. The number of hydrogen-bond acceptors (Lipinski definition) is 3. The van der Waals surface area contributed by atoms with Crippen LogP contribution in [0.2, 0.25) is 0 Å². The molecule has 1 heterocycles. The maximum atomic E-state index is 13.3. The van der Waals surface area contributed by atoms with Crippen molar-refractivity contribution in [2.24, 2.45) is 0 Å². The van der Waals surface area contributed by atoms with E-state index < -0.39 is 11.9 Å². The number of carbonyl (C=O) groups excluding carboxylic acids is 1. The van der Waals surface area contributed by atoms with Gasteiger partial charge < -0.3 is 9.47 Å². The SMILES string of the molecule is O=C(Oc1ccccc1)N1CCOc2ccc(F)cc21. The Labute approximate surface area is 115 Å². The highest BCUT2D eigenvalue weighted by Gasteiger charge is 2.25. The van der Waals surface area contributed by atoms with Crippen molar-refractivity contribution in [2.45, 2.75) is 0 Å². The molecule has 1 aliphatic heterocycles. The standard InChI is InChI=1S/C15H12FNO3/c16-11-6-7-14-13(10-11)17(8-9-19-14)15(18)20-12-4-2-1-3-5-12/h1-7,10H,8-9H2. The van der Waals surface area contributed by atoms with Crippen LogP contribution in [0.15, 0.2) is 48.5 Å². The van der Waals surface area contributed by atoms with E-state index >= 15 is 0 Å². The Morgan fingerprint density at radius 1 is 1.20 bits per heavy atom. The van der Waals surface area contributed by atoms with Crippen LogP contribution in [0.1, 0.15) is 0 Å². The number of anilines is 1. The van der Waals surface area contributed by atoms with Gasteiger partial charge in [-0.1, -0.05) is 18.2 Å². The van der Waals surface area contributed by atoms with E-state index in [0.717, 1.165) is 0 Å². The van der Waals surface area contributed by atoms with Crippen LogP contribution in [-0.4, -0.2) is 19.2 Å². The monoisotopic (exact) mass is 273 g/mol. The molecule has 1 aliphatic rings. The summed E-state index contributed by atoms with van der Waals surface area (Å²) >= 11 is 0. The number of amides is 1. The molecular weight excluding hydrogens is 261 g/mol. The van der Waals surface area contributed by atoms with Crippen molar-refractivity contribution in [1.82, 2.24) is 0 Å². The molecule has 0 saturated heterocycles. The summed E-state index contributed by atoms with van der Waals surface area (Å²) in [5.41, 5.74) is 0.386. The van der Waals surface area contributed by atoms with Crippen LogP contribution in [0.4, 0.5) is 14.9 Å². The largest absolute Gasteiger partial charge is 0.490 e. The van der Waals surface area contributed by atoms with Crippen molar-refractivity contribution >= 4 is 11.8 Å². The molecule has 0 atom stereocenters. The predicted octanol–water partition coefficient (Wildman–Crippen LogP) is 3.22. The molecule has 2 aromatic rings. The summed E-state index contributed by atoms with van der Waals surface area (Å²) in [6, 6.07) is 12.8. The van der Waals surface area contributed by atoms with Crippen LogP contribution in [-0.2, 0) is 0 Å². The molecule has 0 unspecified atom stereocenters. The Morgan fingerprint density at radius 2 is 2.00 bits per heavy atom. The zero-order valence-electron chi connectivity index (χ0n) is 10.6. The molecule has 2 aromatic carbocycles. The average Bonchev–Trinajstić information content (AvgIpc) is 2.47. The van der Waals surface area contributed by atoms with Crippen LogP contribution in [0, 0.1) is 5.82 Å². The second kappa shape index (κ2) is 5.21. The van der Waals surface area contributed by atoms with Gasteiger partial charge in [0.1, 0.15) is 23.9 Å². The van der Waals surface area contributed by atoms with Crippen molar-refractivity contribution in [3.8, 4) is 11.5 Å². The molecule has 4 nitrogen and oxygen atoms in total. The van der Waals surface area contributed by atoms with Crippen molar-refractivity contribution < 1.29 is 18.7 Å². The summed E-state index contributed by atoms with van der Waals surface area (Å²) in [4.78, 5) is 13.5. The molecule has 0 radical (unpaired) electrons. The van der Waals surface area contributed by atoms with Crippen molar-refractivity contribution in [3.63, 3.8) is 0 Å². The molecule has 3 rings (SSSR count). The van der Waals surface area contributed by atoms with Gasteiger partial charge in [-0.2, -0.15) is 0 Å². The molecule has 20 heavy (non-hydrogen) atoms. The quantitative estimate of drug-likeness (QED) is 0.800. The Balaban J connectivity index is 1.85. The fraction of sp³-hybridized carbons (Fsp3) is 0.133. The van der Waals surface area contributed by atoms with Crippen LogP contribution in [0.3, 0.4) is 0 Å². The molecule has 102 valence electrons. The lowest BCUT2D eigenvalue weighted by molar-refractivity contribution is 0.202. The summed E-state index contributed by atoms with van der Waals surface area (Å²) < 4.78 is 24.0. The summed E-state index contributed by atoms with van der Waals surface area (Å²) in [5.74, 6) is 0.497. The number of ether oxygens (including phenoxy) is 2. The number of hydrogen-bond donors (Lipinski definition) is 0. The predicted molar refractivity (Wildman–Crippen MR) is 71.7 cm³/mol. The van der Waals surface area contributed by atoms with Gasteiger partial charge in [0.25, 0.3) is 0 Å². The van der Waals surface area contributed by atoms with Crippen molar-refractivity contribution in [1.29, 1.82) is 0 Å². The average molecular weight is 273 g/mol. The minimum absolute atomic E-state index is 0.322. The Kier molecular flexibility index (Phi) is 3.25. The number of fused-ring (bicyclic) bond motifs is 1. The molecule has 0 fully saturated rings. The van der Waals surface area contributed by atoms with Gasteiger partial charge in [-0.05, 0) is 24.3 Å². The topological polar surface area (TPSA) is 38.8 Å². The third-order valence-corrected chi connectivity index (χ3v) is 2.95. The first kappa shape index (κ1) is 12.5. The van der Waals surface area contributed by atoms with E-state index in [9.17, 15) is 9.18 Å². The summed E-state index contributed by atoms with van der Waals surface area (Å²) in [6.07, 6.45) is -0.550. The smallest absolute Gasteiger partial charge is 0.419 e. The Morgan fingerprint density at radius 3 is 2.80 bits per heavy atom. The first-order chi connectivity index (χ1) is 9.74. The van der Waals surface area contributed by atoms with Gasteiger partial charge in [-0.3, -0.25) is 4.90 Å². The number of benzene rings is 2. The lowest BCUT2D eigenvalue weighted by Crippen LogP contribution is -2.39. The maximum absolute atomic E-state index is 13.3. The zero-order valence-corrected chi connectivity index (χ0v) is 10.6. The van der Waals surface area contributed by atoms with E-state index in [1.165, 1.54) is 23.1 Å². The van der Waals surface area contributed by atoms with E-state index in [2.05, 4.69) is 0 Å². The van der Waals surface area contributed by atoms with E-state index in [1.807, 2.05) is 6.07 Å². The summed E-state index contributed by atoms with van der Waals surface area (Å²) in [7, 11) is 0. The number of halogens is 1. The third-order valence-electron chi connectivity index (χ3n) is 2.95. The van der Waals surface area contributed by atoms with E-state index in [4.69, 9.17) is 9.47 Å². The summed E-state index contributed by atoms with van der Waals surface area (Å²) in [6.45, 7) is 0.671. The van der Waals surface area contributed by atoms with Gasteiger partial charge in [0, 0.05) is 6.07 Å². The van der Waals surface area contributed by atoms with E-state index in [0.29, 0.717) is 30.3 Å². The number of nitrogens with zero attached hydrogens (tertiary/aromatic N) is 1. The summed E-state index contributed by atoms with van der Waals surface area (Å²) in [5, 5.41) is 0. The molecule has 0 aliphatic carbocycles. The zero-order chi connectivity index (χ0) is 13.9. The minimum atomic E-state index is -0.550. The normalized spacial score (nSPS) is 13.3. The minimum Gasteiger partial charge on any atom is -0.490 e. The third kappa shape index (κ3) is 2.42. The van der Waals surface area contributed by atoms with Gasteiger partial charge in [0.15, 0.2) is 0 Å². The van der Waals surface area contributed by atoms with Crippen molar-refractivity contribution in [3.05, 3.63) is 54.3 Å². The second-order valence-electron chi connectivity index (χ2n) is 4.29. The molecule has 0 saturated carbocycles. The lowest BCUT2D eigenvalue weighted by atomic mass is 10.2. The first-order valence-electron chi connectivity index (χ1n) is 6.21. The van der Waals surface area contributed by atoms with Gasteiger partial charge in [-0.25, -0.2) is 9.18 Å².